The molecule has 0 spiro atoms. The molecule has 10 nitrogen and oxygen atoms in total. The zero-order valence-corrected chi connectivity index (χ0v) is 25.4. The third kappa shape index (κ3) is 7.41. The molecular weight excluding hydrogens is 576 g/mol. The Bertz CT molecular complexity index is 1770. The van der Waals surface area contributed by atoms with E-state index in [-0.39, 0.29) is 6.42 Å². The number of fused-ring (bicyclic) bond motifs is 2. The molecule has 10 heteroatoms. The first-order valence-electron chi connectivity index (χ1n) is 14.4. The van der Waals surface area contributed by atoms with Gasteiger partial charge in [0.15, 0.2) is 5.92 Å². The van der Waals surface area contributed by atoms with Crippen LogP contribution in [0.3, 0.4) is 0 Å². The van der Waals surface area contributed by atoms with Gasteiger partial charge in [0.25, 0.3) is 11.6 Å². The van der Waals surface area contributed by atoms with Gasteiger partial charge in [0.2, 0.25) is 0 Å². The standard InChI is InChI=1S/C21H19NO4.C8H7N.C6H8O4/c1-21(2)25-19(23)18(20(24)26-21)17(13-8-4-3-5-9-13)15-12-22-16-11-7-6-10-14(15)16;1-2-4-8-7(3-1)5-6-9-8;1-6(2)9-4(7)3-5(8)10-6/h3-12,17-18,22H,1-2H3;1-6,9H;3H2,1-2H3. The van der Waals surface area contributed by atoms with E-state index in [9.17, 15) is 19.2 Å². The van der Waals surface area contributed by atoms with Crippen molar-refractivity contribution >= 4 is 45.7 Å². The van der Waals surface area contributed by atoms with E-state index in [0.717, 1.165) is 22.0 Å². The maximum absolute atomic E-state index is 12.7. The van der Waals surface area contributed by atoms with Gasteiger partial charge < -0.3 is 28.9 Å². The molecule has 2 aliphatic heterocycles. The van der Waals surface area contributed by atoms with Crippen molar-refractivity contribution in [3.63, 3.8) is 0 Å². The molecule has 2 aromatic heterocycles. The van der Waals surface area contributed by atoms with E-state index in [1.807, 2.05) is 79.1 Å². The number of benzene rings is 3. The van der Waals surface area contributed by atoms with Crippen LogP contribution >= 0.6 is 0 Å². The summed E-state index contributed by atoms with van der Waals surface area (Å²) in [5.41, 5.74) is 3.88. The summed E-state index contributed by atoms with van der Waals surface area (Å²) >= 11 is 0. The minimum atomic E-state index is -1.24. The Morgan fingerprint density at radius 2 is 1.20 bits per heavy atom. The Hall–Kier alpha value is -5.38. The largest absolute Gasteiger partial charge is 0.423 e. The summed E-state index contributed by atoms with van der Waals surface area (Å²) < 4.78 is 20.1. The highest BCUT2D eigenvalue weighted by atomic mass is 16.7. The van der Waals surface area contributed by atoms with Crippen LogP contribution in [0.5, 0.6) is 0 Å². The summed E-state index contributed by atoms with van der Waals surface area (Å²) in [6, 6.07) is 27.6. The summed E-state index contributed by atoms with van der Waals surface area (Å²) in [6.07, 6.45) is 3.52. The highest BCUT2D eigenvalue weighted by molar-refractivity contribution is 5.99. The predicted molar refractivity (Wildman–Crippen MR) is 166 cm³/mol. The van der Waals surface area contributed by atoms with E-state index in [4.69, 9.17) is 9.47 Å². The number of hydrogen-bond donors (Lipinski definition) is 2. The van der Waals surface area contributed by atoms with Crippen molar-refractivity contribution in [1.29, 1.82) is 0 Å². The van der Waals surface area contributed by atoms with E-state index in [1.54, 1.807) is 13.8 Å². The first-order chi connectivity index (χ1) is 21.4. The molecule has 1 atom stereocenters. The molecule has 232 valence electrons. The Morgan fingerprint density at radius 3 is 1.82 bits per heavy atom. The third-order valence-corrected chi connectivity index (χ3v) is 7.12. The fourth-order valence-electron chi connectivity index (χ4n) is 5.32. The number of H-pyrrole nitrogens is 2. The van der Waals surface area contributed by atoms with Gasteiger partial charge in [-0.25, -0.2) is 0 Å². The Morgan fingerprint density at radius 1 is 0.644 bits per heavy atom. The highest BCUT2D eigenvalue weighted by Crippen LogP contribution is 2.40. The summed E-state index contributed by atoms with van der Waals surface area (Å²) in [4.78, 5) is 52.9. The summed E-state index contributed by atoms with van der Waals surface area (Å²) in [7, 11) is 0. The molecule has 0 amide bonds. The lowest BCUT2D eigenvalue weighted by Crippen LogP contribution is -2.48. The van der Waals surface area contributed by atoms with Gasteiger partial charge in [0, 0.05) is 62.4 Å². The van der Waals surface area contributed by atoms with E-state index in [1.165, 1.54) is 24.8 Å². The van der Waals surface area contributed by atoms with Crippen LogP contribution in [0.15, 0.2) is 97.3 Å². The smallest absolute Gasteiger partial charge is 0.324 e. The average Bonchev–Trinajstić information content (AvgIpc) is 3.62. The number of aromatic amines is 2. The van der Waals surface area contributed by atoms with Gasteiger partial charge in [-0.2, -0.15) is 0 Å². The molecule has 0 radical (unpaired) electrons. The molecule has 4 heterocycles. The van der Waals surface area contributed by atoms with Crippen molar-refractivity contribution in [2.24, 2.45) is 5.92 Å². The predicted octanol–water partition coefficient (Wildman–Crippen LogP) is 6.13. The monoisotopic (exact) mass is 610 g/mol. The number of para-hydroxylation sites is 2. The topological polar surface area (TPSA) is 137 Å². The van der Waals surface area contributed by atoms with Crippen molar-refractivity contribution < 1.29 is 38.1 Å². The number of rotatable bonds is 3. The number of hydrogen-bond acceptors (Lipinski definition) is 8. The van der Waals surface area contributed by atoms with Crippen molar-refractivity contribution in [2.75, 3.05) is 0 Å². The van der Waals surface area contributed by atoms with Gasteiger partial charge in [-0.3, -0.25) is 19.2 Å². The van der Waals surface area contributed by atoms with Gasteiger partial charge in [-0.05, 0) is 34.7 Å². The first kappa shape index (κ1) is 31.1. The molecular formula is C35H34N2O8. The second-order valence-electron chi connectivity index (χ2n) is 11.5. The van der Waals surface area contributed by atoms with E-state index in [0.29, 0.717) is 0 Å². The van der Waals surface area contributed by atoms with Crippen LogP contribution < -0.4 is 0 Å². The van der Waals surface area contributed by atoms with Crippen LogP contribution in [0.25, 0.3) is 21.8 Å². The van der Waals surface area contributed by atoms with E-state index >= 15 is 0 Å². The molecule has 1 unspecified atom stereocenters. The van der Waals surface area contributed by atoms with Crippen molar-refractivity contribution in [3.8, 4) is 0 Å². The van der Waals surface area contributed by atoms with Crippen molar-refractivity contribution in [1.82, 2.24) is 9.97 Å². The molecule has 2 aliphatic rings. The normalized spacial score (nSPS) is 17.9. The van der Waals surface area contributed by atoms with E-state index in [2.05, 4.69) is 37.6 Å². The molecule has 0 aliphatic carbocycles. The van der Waals surface area contributed by atoms with Gasteiger partial charge in [-0.1, -0.05) is 66.7 Å². The number of nitrogens with one attached hydrogen (secondary N) is 2. The van der Waals surface area contributed by atoms with Crippen LogP contribution in [0.2, 0.25) is 0 Å². The molecule has 2 fully saturated rings. The van der Waals surface area contributed by atoms with Crippen LogP contribution in [0.4, 0.5) is 0 Å². The maximum atomic E-state index is 12.7. The number of aromatic nitrogens is 2. The molecule has 2 N–H and O–H groups in total. The SMILES string of the molecule is CC1(C)OC(=O)C(C(c2ccccc2)c2c[nH]c3ccccc23)C(=O)O1.CC1(C)OC(=O)CC(=O)O1.c1ccc2[nH]ccc2c1. The van der Waals surface area contributed by atoms with Crippen LogP contribution in [0, 0.1) is 5.92 Å². The Balaban J connectivity index is 0.000000171. The minimum Gasteiger partial charge on any atom is -0.423 e. The molecule has 3 aromatic carbocycles. The molecule has 0 bridgehead atoms. The molecule has 45 heavy (non-hydrogen) atoms. The van der Waals surface area contributed by atoms with Crippen molar-refractivity contribution in [3.05, 3.63) is 108 Å². The molecule has 7 rings (SSSR count). The van der Waals surface area contributed by atoms with Crippen molar-refractivity contribution in [2.45, 2.75) is 51.6 Å². The lowest BCUT2D eigenvalue weighted by Gasteiger charge is -2.36. The lowest BCUT2D eigenvalue weighted by molar-refractivity contribution is -0.241. The number of cyclic esters (lactones) is 4. The molecule has 0 saturated carbocycles. The van der Waals surface area contributed by atoms with Gasteiger partial charge in [0.05, 0.1) is 0 Å². The van der Waals surface area contributed by atoms with Gasteiger partial charge in [0.1, 0.15) is 6.42 Å². The van der Waals surface area contributed by atoms with E-state index < -0.39 is 47.3 Å². The highest BCUT2D eigenvalue weighted by Gasteiger charge is 2.48. The summed E-state index contributed by atoms with van der Waals surface area (Å²) in [6.45, 7) is 6.15. The molecule has 2 saturated heterocycles. The number of carbonyl (C=O) groups excluding carboxylic acids is 4. The molecule has 5 aromatic rings. The second kappa shape index (κ2) is 12.7. The van der Waals surface area contributed by atoms with Crippen LogP contribution in [-0.2, 0) is 38.1 Å². The van der Waals surface area contributed by atoms with Gasteiger partial charge >= 0.3 is 23.9 Å². The zero-order chi connectivity index (χ0) is 32.2. The van der Waals surface area contributed by atoms with Crippen LogP contribution in [-0.4, -0.2) is 45.4 Å². The number of esters is 4. The average molecular weight is 611 g/mol. The second-order valence-corrected chi connectivity index (χ2v) is 11.5. The minimum absolute atomic E-state index is 0.274. The number of carbonyl (C=O) groups is 4. The summed E-state index contributed by atoms with van der Waals surface area (Å²) in [5, 5.41) is 2.24. The van der Waals surface area contributed by atoms with Gasteiger partial charge in [-0.15, -0.1) is 0 Å². The van der Waals surface area contributed by atoms with Crippen LogP contribution in [0.1, 0.15) is 51.2 Å². The fraction of sp³-hybridized carbons (Fsp3) is 0.257. The summed E-state index contributed by atoms with van der Waals surface area (Å²) in [5.74, 6) is -6.05. The lowest BCUT2D eigenvalue weighted by atomic mass is 9.80. The third-order valence-electron chi connectivity index (χ3n) is 7.12. The quantitative estimate of drug-likeness (QED) is 0.184. The Kier molecular flexibility index (Phi) is 8.76. The maximum Gasteiger partial charge on any atom is 0.324 e. The fourth-order valence-corrected chi connectivity index (χ4v) is 5.32. The first-order valence-corrected chi connectivity index (χ1v) is 14.4. The number of ether oxygens (including phenoxy) is 4. The Labute approximate surface area is 259 Å². The zero-order valence-electron chi connectivity index (χ0n) is 25.4.